The van der Waals surface area contributed by atoms with Crippen molar-refractivity contribution < 1.29 is 8.42 Å². The minimum Gasteiger partial charge on any atom is -0.336 e. The van der Waals surface area contributed by atoms with E-state index < -0.39 is 9.84 Å². The van der Waals surface area contributed by atoms with Gasteiger partial charge in [-0.2, -0.15) is 0 Å². The molecule has 0 bridgehead atoms. The normalized spacial score (nSPS) is 10.1. The highest BCUT2D eigenvalue weighted by atomic mass is 32.2. The summed E-state index contributed by atoms with van der Waals surface area (Å²) in [7, 11) is -3.08. The molecule has 4 nitrogen and oxygen atoms in total. The molecule has 5 heteroatoms. The Morgan fingerprint density at radius 2 is 2.00 bits per heavy atom. The number of imidazole rings is 1. The number of aromatic nitrogens is 2. The van der Waals surface area contributed by atoms with Crippen LogP contribution in [0.25, 0.3) is 0 Å². The first-order valence-corrected chi connectivity index (χ1v) is 5.18. The molecule has 1 aromatic rings. The van der Waals surface area contributed by atoms with E-state index >= 15 is 0 Å². The van der Waals surface area contributed by atoms with Gasteiger partial charge in [0.2, 0.25) is 0 Å². The fourth-order valence-electron chi connectivity index (χ4n) is 0.446. The van der Waals surface area contributed by atoms with Gasteiger partial charge in [0.15, 0.2) is 14.9 Å². The summed E-state index contributed by atoms with van der Waals surface area (Å²) in [4.78, 5) is 6.03. The van der Waals surface area contributed by atoms with Crippen molar-refractivity contribution in [3.63, 3.8) is 0 Å². The molecule has 0 saturated heterocycles. The number of sulfone groups is 1. The Labute approximate surface area is 66.6 Å². The molecular weight excluding hydrogens is 164 g/mol. The van der Waals surface area contributed by atoms with Crippen LogP contribution in [0, 0.1) is 0 Å². The number of hydrogen-bond acceptors (Lipinski definition) is 3. The number of nitrogens with one attached hydrogen (secondary N) is 1. The highest BCUT2D eigenvalue weighted by molar-refractivity contribution is 7.90. The zero-order valence-corrected chi connectivity index (χ0v) is 7.64. The molecule has 0 fully saturated rings. The van der Waals surface area contributed by atoms with Gasteiger partial charge in [0.05, 0.1) is 12.5 Å². The van der Waals surface area contributed by atoms with Gasteiger partial charge in [0.1, 0.15) is 0 Å². The summed E-state index contributed by atoms with van der Waals surface area (Å²) in [6.07, 6.45) is 3.73. The van der Waals surface area contributed by atoms with Gasteiger partial charge in [-0.25, -0.2) is 13.4 Å². The molecule has 1 aromatic heterocycles. The largest absolute Gasteiger partial charge is 0.336 e. The lowest BCUT2D eigenvalue weighted by atomic mass is 11.0. The first-order valence-electron chi connectivity index (χ1n) is 3.29. The van der Waals surface area contributed by atoms with Gasteiger partial charge < -0.3 is 4.98 Å². The summed E-state index contributed by atoms with van der Waals surface area (Å²) in [6, 6.07) is 0. The van der Waals surface area contributed by atoms with E-state index in [9.17, 15) is 8.42 Å². The van der Waals surface area contributed by atoms with Gasteiger partial charge in [-0.05, 0) is 0 Å². The number of aromatic amines is 1. The molecule has 0 saturated carbocycles. The second-order valence-electron chi connectivity index (χ2n) is 1.69. The molecule has 1 heterocycles. The van der Waals surface area contributed by atoms with Crippen molar-refractivity contribution in [1.29, 1.82) is 0 Å². The predicted molar refractivity (Wildman–Crippen MR) is 43.0 cm³/mol. The molecule has 0 aliphatic carbocycles. The van der Waals surface area contributed by atoms with Crippen LogP contribution >= 0.6 is 0 Å². The van der Waals surface area contributed by atoms with E-state index in [0.717, 1.165) is 6.26 Å². The molecule has 0 aliphatic rings. The highest BCUT2D eigenvalue weighted by Crippen LogP contribution is 1.99. The van der Waals surface area contributed by atoms with Crippen LogP contribution in [0.4, 0.5) is 0 Å². The van der Waals surface area contributed by atoms with Crippen molar-refractivity contribution >= 4 is 9.84 Å². The summed E-state index contributed by atoms with van der Waals surface area (Å²) in [6.45, 7) is 4.00. The lowest BCUT2D eigenvalue weighted by Crippen LogP contribution is -1.95. The molecule has 11 heavy (non-hydrogen) atoms. The quantitative estimate of drug-likeness (QED) is 0.689. The maximum Gasteiger partial charge on any atom is 0.192 e. The van der Waals surface area contributed by atoms with E-state index in [-0.39, 0.29) is 5.03 Å². The third-order valence-electron chi connectivity index (χ3n) is 0.873. The number of H-pyrrole nitrogens is 1. The lowest BCUT2D eigenvalue weighted by Gasteiger charge is -1.86. The smallest absolute Gasteiger partial charge is 0.192 e. The second kappa shape index (κ2) is 4.12. The zero-order valence-electron chi connectivity index (χ0n) is 6.83. The van der Waals surface area contributed by atoms with Gasteiger partial charge in [-0.15, -0.1) is 0 Å². The van der Waals surface area contributed by atoms with Crippen molar-refractivity contribution in [2.75, 3.05) is 6.26 Å². The molecular formula is C6H12N2O2S. The van der Waals surface area contributed by atoms with Gasteiger partial charge in [0.25, 0.3) is 0 Å². The topological polar surface area (TPSA) is 62.8 Å². The maximum atomic E-state index is 10.6. The van der Waals surface area contributed by atoms with Gasteiger partial charge in [0, 0.05) is 6.26 Å². The molecule has 64 valence electrons. The van der Waals surface area contributed by atoms with Crippen molar-refractivity contribution in [2.45, 2.75) is 18.9 Å². The van der Waals surface area contributed by atoms with Gasteiger partial charge >= 0.3 is 0 Å². The van der Waals surface area contributed by atoms with Gasteiger partial charge in [-0.1, -0.05) is 13.8 Å². The van der Waals surface area contributed by atoms with E-state index in [1.165, 1.54) is 12.5 Å². The van der Waals surface area contributed by atoms with Crippen LogP contribution in [-0.2, 0) is 9.84 Å². The van der Waals surface area contributed by atoms with Crippen LogP contribution in [0.3, 0.4) is 0 Å². The summed E-state index contributed by atoms with van der Waals surface area (Å²) < 4.78 is 21.2. The molecule has 0 aromatic carbocycles. The lowest BCUT2D eigenvalue weighted by molar-refractivity contribution is 0.599. The van der Waals surface area contributed by atoms with Crippen molar-refractivity contribution in [2.24, 2.45) is 0 Å². The van der Waals surface area contributed by atoms with Crippen molar-refractivity contribution in [3.05, 3.63) is 12.5 Å². The SMILES string of the molecule is CC.CS(=O)(=O)c1cnc[nH]1. The number of nitrogens with zero attached hydrogens (tertiary/aromatic N) is 1. The van der Waals surface area contributed by atoms with Crippen LogP contribution in [0.15, 0.2) is 17.6 Å². The van der Waals surface area contributed by atoms with Crippen LogP contribution in [0.1, 0.15) is 13.8 Å². The Kier molecular flexibility index (Phi) is 3.81. The minimum absolute atomic E-state index is 0.155. The number of hydrogen-bond donors (Lipinski definition) is 1. The fourth-order valence-corrected chi connectivity index (χ4v) is 0.965. The summed E-state index contributed by atoms with van der Waals surface area (Å²) >= 11 is 0. The van der Waals surface area contributed by atoms with Crippen molar-refractivity contribution in [1.82, 2.24) is 9.97 Å². The molecule has 0 unspecified atom stereocenters. The Balaban J connectivity index is 0.000000461. The molecule has 1 N–H and O–H groups in total. The van der Waals surface area contributed by atoms with Crippen LogP contribution in [0.2, 0.25) is 0 Å². The Hall–Kier alpha value is -0.840. The summed E-state index contributed by atoms with van der Waals surface area (Å²) in [5.41, 5.74) is 0. The second-order valence-corrected chi connectivity index (χ2v) is 3.67. The van der Waals surface area contributed by atoms with Gasteiger partial charge in [-0.3, -0.25) is 0 Å². The number of rotatable bonds is 1. The molecule has 0 atom stereocenters. The first kappa shape index (κ1) is 10.2. The molecule has 0 spiro atoms. The summed E-state index contributed by atoms with van der Waals surface area (Å²) in [5, 5.41) is 0.155. The third-order valence-corrected chi connectivity index (χ3v) is 1.89. The zero-order chi connectivity index (χ0) is 8.91. The van der Waals surface area contributed by atoms with Crippen LogP contribution in [-0.4, -0.2) is 24.6 Å². The molecule has 1 rings (SSSR count). The molecule has 0 amide bonds. The molecule has 0 aliphatic heterocycles. The predicted octanol–water partition coefficient (Wildman–Crippen LogP) is 0.839. The first-order chi connectivity index (χ1) is 5.11. The minimum atomic E-state index is -3.08. The van der Waals surface area contributed by atoms with E-state index in [4.69, 9.17) is 0 Å². The standard InChI is InChI=1S/C4H6N2O2S.C2H6/c1-9(7,8)4-2-5-3-6-4;1-2/h2-3H,1H3,(H,5,6);1-2H3. The fraction of sp³-hybridized carbons (Fsp3) is 0.500. The Morgan fingerprint density at radius 3 is 2.18 bits per heavy atom. The molecule has 0 radical (unpaired) electrons. The van der Waals surface area contributed by atoms with E-state index in [2.05, 4.69) is 9.97 Å². The van der Waals surface area contributed by atoms with E-state index in [1.807, 2.05) is 13.8 Å². The van der Waals surface area contributed by atoms with E-state index in [0.29, 0.717) is 0 Å². The average Bonchev–Trinajstić information content (AvgIpc) is 2.40. The van der Waals surface area contributed by atoms with E-state index in [1.54, 1.807) is 0 Å². The average molecular weight is 176 g/mol. The van der Waals surface area contributed by atoms with Crippen LogP contribution < -0.4 is 0 Å². The summed E-state index contributed by atoms with van der Waals surface area (Å²) in [5.74, 6) is 0. The maximum absolute atomic E-state index is 10.6. The third kappa shape index (κ3) is 3.18. The monoisotopic (exact) mass is 176 g/mol. The highest BCUT2D eigenvalue weighted by Gasteiger charge is 2.05. The Bertz CT molecular complexity index is 276. The van der Waals surface area contributed by atoms with Crippen molar-refractivity contribution in [3.8, 4) is 0 Å². The van der Waals surface area contributed by atoms with Crippen LogP contribution in [0.5, 0.6) is 0 Å². The Morgan fingerprint density at radius 1 is 1.45 bits per heavy atom.